The van der Waals surface area contributed by atoms with Crippen LogP contribution in [-0.2, 0) is 6.54 Å². The predicted octanol–water partition coefficient (Wildman–Crippen LogP) is 1.22. The fourth-order valence-electron chi connectivity index (χ4n) is 1.51. The molecule has 0 radical (unpaired) electrons. The lowest BCUT2D eigenvalue weighted by molar-refractivity contribution is 0.292. The zero-order valence-corrected chi connectivity index (χ0v) is 8.66. The van der Waals surface area contributed by atoms with E-state index in [1.165, 1.54) is 0 Å². The fraction of sp³-hybridized carbons (Fsp3) is 0.364. The molecule has 0 bridgehead atoms. The van der Waals surface area contributed by atoms with Gasteiger partial charge in [-0.15, -0.1) is 0 Å². The van der Waals surface area contributed by atoms with Gasteiger partial charge in [0.1, 0.15) is 5.52 Å². The summed E-state index contributed by atoms with van der Waals surface area (Å²) in [7, 11) is 0. The van der Waals surface area contributed by atoms with Gasteiger partial charge in [0, 0.05) is 20.0 Å². The summed E-state index contributed by atoms with van der Waals surface area (Å²) in [6.07, 6.45) is 0. The predicted molar refractivity (Wildman–Crippen MR) is 57.5 cm³/mol. The summed E-state index contributed by atoms with van der Waals surface area (Å²) in [6, 6.07) is 5.93. The van der Waals surface area contributed by atoms with E-state index in [1.807, 2.05) is 25.1 Å². The first-order chi connectivity index (χ1) is 7.29. The van der Waals surface area contributed by atoms with Crippen molar-refractivity contribution in [3.63, 3.8) is 0 Å². The molecule has 2 rings (SSSR count). The van der Waals surface area contributed by atoms with Gasteiger partial charge < -0.3 is 14.8 Å². The lowest BCUT2D eigenvalue weighted by atomic mass is 10.2. The topological polar surface area (TPSA) is 58.3 Å². The average molecular weight is 206 g/mol. The van der Waals surface area contributed by atoms with Crippen LogP contribution in [0.5, 0.6) is 0 Å². The Morgan fingerprint density at radius 3 is 3.13 bits per heavy atom. The summed E-state index contributed by atoms with van der Waals surface area (Å²) >= 11 is 0. The van der Waals surface area contributed by atoms with Crippen LogP contribution >= 0.6 is 0 Å². The highest BCUT2D eigenvalue weighted by Gasteiger charge is 2.02. The Labute approximate surface area is 87.9 Å². The van der Waals surface area contributed by atoms with E-state index < -0.39 is 0 Å². The Kier molecular flexibility index (Phi) is 2.99. The molecule has 0 saturated carbocycles. The van der Waals surface area contributed by atoms with Gasteiger partial charge in [0.25, 0.3) is 0 Å². The van der Waals surface area contributed by atoms with Gasteiger partial charge in [-0.3, -0.25) is 0 Å². The highest BCUT2D eigenvalue weighted by molar-refractivity contribution is 5.73. The molecule has 0 fully saturated rings. The van der Waals surface area contributed by atoms with Crippen molar-refractivity contribution in [2.24, 2.45) is 0 Å². The highest BCUT2D eigenvalue weighted by Crippen LogP contribution is 2.16. The number of hydrogen-bond acceptors (Lipinski definition) is 4. The SMILES string of the molecule is Cc1nc2ccc(CNCCO)cc2o1. The summed E-state index contributed by atoms with van der Waals surface area (Å²) in [5.74, 6) is 0.686. The summed E-state index contributed by atoms with van der Waals surface area (Å²) in [5, 5.41) is 11.7. The summed E-state index contributed by atoms with van der Waals surface area (Å²) < 4.78 is 5.43. The quantitative estimate of drug-likeness (QED) is 0.738. The molecule has 80 valence electrons. The largest absolute Gasteiger partial charge is 0.441 e. The summed E-state index contributed by atoms with van der Waals surface area (Å²) in [4.78, 5) is 4.22. The maximum Gasteiger partial charge on any atom is 0.192 e. The van der Waals surface area contributed by atoms with Gasteiger partial charge in [-0.2, -0.15) is 0 Å². The molecule has 15 heavy (non-hydrogen) atoms. The number of nitrogens with one attached hydrogen (secondary N) is 1. The van der Waals surface area contributed by atoms with E-state index in [1.54, 1.807) is 0 Å². The van der Waals surface area contributed by atoms with Crippen LogP contribution in [0, 0.1) is 6.92 Å². The number of aryl methyl sites for hydroxylation is 1. The Morgan fingerprint density at radius 1 is 1.47 bits per heavy atom. The number of benzene rings is 1. The Balaban J connectivity index is 2.15. The third-order valence-electron chi connectivity index (χ3n) is 2.18. The molecule has 0 aliphatic heterocycles. The maximum atomic E-state index is 8.63. The van der Waals surface area contributed by atoms with Crippen molar-refractivity contribution < 1.29 is 9.52 Å². The van der Waals surface area contributed by atoms with E-state index in [4.69, 9.17) is 9.52 Å². The second-order valence-electron chi connectivity index (χ2n) is 3.44. The molecule has 2 N–H and O–H groups in total. The third kappa shape index (κ3) is 2.34. The average Bonchev–Trinajstić information content (AvgIpc) is 2.57. The number of aliphatic hydroxyl groups is 1. The molecule has 0 aliphatic rings. The molecule has 0 spiro atoms. The van der Waals surface area contributed by atoms with Gasteiger partial charge in [-0.25, -0.2) is 4.98 Å². The van der Waals surface area contributed by atoms with E-state index >= 15 is 0 Å². The molecule has 0 atom stereocenters. The minimum atomic E-state index is 0.156. The Morgan fingerprint density at radius 2 is 2.33 bits per heavy atom. The van der Waals surface area contributed by atoms with Crippen LogP contribution < -0.4 is 5.32 Å². The minimum absolute atomic E-state index is 0.156. The number of aliphatic hydroxyl groups excluding tert-OH is 1. The lowest BCUT2D eigenvalue weighted by Gasteiger charge is -2.01. The number of hydrogen-bond donors (Lipinski definition) is 2. The van der Waals surface area contributed by atoms with Crippen molar-refractivity contribution in [3.8, 4) is 0 Å². The van der Waals surface area contributed by atoms with E-state index in [2.05, 4.69) is 10.3 Å². The van der Waals surface area contributed by atoms with Crippen molar-refractivity contribution >= 4 is 11.1 Å². The first-order valence-electron chi connectivity index (χ1n) is 4.97. The van der Waals surface area contributed by atoms with Crippen molar-refractivity contribution in [2.45, 2.75) is 13.5 Å². The van der Waals surface area contributed by atoms with Gasteiger partial charge >= 0.3 is 0 Å². The lowest BCUT2D eigenvalue weighted by Crippen LogP contribution is -2.17. The third-order valence-corrected chi connectivity index (χ3v) is 2.18. The van der Waals surface area contributed by atoms with E-state index in [-0.39, 0.29) is 6.61 Å². The highest BCUT2D eigenvalue weighted by atomic mass is 16.3. The zero-order chi connectivity index (χ0) is 10.7. The number of aromatic nitrogens is 1. The smallest absolute Gasteiger partial charge is 0.192 e. The molecular formula is C11H14N2O2. The normalized spacial score (nSPS) is 11.1. The number of rotatable bonds is 4. The van der Waals surface area contributed by atoms with Crippen molar-refractivity contribution in [3.05, 3.63) is 29.7 Å². The number of nitrogens with zero attached hydrogens (tertiary/aromatic N) is 1. The maximum absolute atomic E-state index is 8.63. The molecular weight excluding hydrogens is 192 g/mol. The first kappa shape index (κ1) is 10.1. The molecule has 0 aliphatic carbocycles. The Bertz CT molecular complexity index is 451. The zero-order valence-electron chi connectivity index (χ0n) is 8.66. The van der Waals surface area contributed by atoms with Crippen LogP contribution in [-0.4, -0.2) is 23.2 Å². The van der Waals surface area contributed by atoms with Crippen LogP contribution in [0.4, 0.5) is 0 Å². The first-order valence-corrected chi connectivity index (χ1v) is 4.97. The minimum Gasteiger partial charge on any atom is -0.441 e. The van der Waals surface area contributed by atoms with Gasteiger partial charge in [0.2, 0.25) is 0 Å². The van der Waals surface area contributed by atoms with Crippen molar-refractivity contribution in [1.82, 2.24) is 10.3 Å². The Hall–Kier alpha value is -1.39. The second kappa shape index (κ2) is 4.42. The summed E-state index contributed by atoms with van der Waals surface area (Å²) in [6.45, 7) is 3.33. The van der Waals surface area contributed by atoms with Crippen molar-refractivity contribution in [1.29, 1.82) is 0 Å². The van der Waals surface area contributed by atoms with Crippen molar-refractivity contribution in [2.75, 3.05) is 13.2 Å². The molecule has 4 heteroatoms. The van der Waals surface area contributed by atoms with E-state index in [0.29, 0.717) is 12.4 Å². The fourth-order valence-corrected chi connectivity index (χ4v) is 1.51. The number of oxazole rings is 1. The van der Waals surface area contributed by atoms with Gasteiger partial charge in [0.15, 0.2) is 11.5 Å². The van der Waals surface area contributed by atoms with Crippen LogP contribution in [0.2, 0.25) is 0 Å². The molecule has 1 heterocycles. The van der Waals surface area contributed by atoms with Gasteiger partial charge in [-0.05, 0) is 17.7 Å². The van der Waals surface area contributed by atoms with Gasteiger partial charge in [-0.1, -0.05) is 6.07 Å². The van der Waals surface area contributed by atoms with Crippen LogP contribution in [0.15, 0.2) is 22.6 Å². The monoisotopic (exact) mass is 206 g/mol. The van der Waals surface area contributed by atoms with E-state index in [9.17, 15) is 0 Å². The van der Waals surface area contributed by atoms with Crippen LogP contribution in [0.25, 0.3) is 11.1 Å². The van der Waals surface area contributed by atoms with Crippen LogP contribution in [0.3, 0.4) is 0 Å². The molecule has 2 aromatic rings. The molecule has 0 unspecified atom stereocenters. The molecule has 0 amide bonds. The second-order valence-corrected chi connectivity index (χ2v) is 3.44. The number of fused-ring (bicyclic) bond motifs is 1. The summed E-state index contributed by atoms with van der Waals surface area (Å²) in [5.41, 5.74) is 2.83. The molecule has 4 nitrogen and oxygen atoms in total. The standard InChI is InChI=1S/C11H14N2O2/c1-8-13-10-3-2-9(6-11(10)15-8)7-12-4-5-14/h2-3,6,12,14H,4-5,7H2,1H3. The molecule has 0 saturated heterocycles. The van der Waals surface area contributed by atoms with E-state index in [0.717, 1.165) is 23.2 Å². The van der Waals surface area contributed by atoms with Gasteiger partial charge in [0.05, 0.1) is 6.61 Å². The molecule has 1 aromatic heterocycles. The molecule has 1 aromatic carbocycles. The van der Waals surface area contributed by atoms with Crippen LogP contribution in [0.1, 0.15) is 11.5 Å².